The summed E-state index contributed by atoms with van der Waals surface area (Å²) >= 11 is 5.98. The average molecular weight is 342 g/mol. The van der Waals surface area contributed by atoms with Gasteiger partial charge < -0.3 is 10.4 Å². The number of benzene rings is 1. The molecule has 1 aliphatic rings. The lowest BCUT2D eigenvalue weighted by molar-refractivity contribution is 0.0924. The number of phenolic OH excluding ortho intramolecular Hbond substituents is 1. The molecule has 2 aromatic heterocycles. The molecule has 0 saturated heterocycles. The quantitative estimate of drug-likeness (QED) is 0.744. The Kier molecular flexibility index (Phi) is 3.42. The minimum absolute atomic E-state index is 0.0417. The van der Waals surface area contributed by atoms with E-state index >= 15 is 0 Å². The molecule has 8 heteroatoms. The molecular formula is C16H12ClN5O2. The van der Waals surface area contributed by atoms with Gasteiger partial charge in [-0.15, -0.1) is 0 Å². The summed E-state index contributed by atoms with van der Waals surface area (Å²) in [6, 6.07) is 8.08. The van der Waals surface area contributed by atoms with E-state index in [1.165, 1.54) is 6.07 Å². The van der Waals surface area contributed by atoms with E-state index in [2.05, 4.69) is 20.4 Å². The Morgan fingerprint density at radius 1 is 1.21 bits per heavy atom. The number of aromatic nitrogens is 4. The monoisotopic (exact) mass is 341 g/mol. The van der Waals surface area contributed by atoms with Crippen LogP contribution in [0.15, 0.2) is 36.5 Å². The molecule has 0 unspecified atom stereocenters. The van der Waals surface area contributed by atoms with Crippen LogP contribution in [-0.4, -0.2) is 37.3 Å². The largest absolute Gasteiger partial charge is 0.507 e. The van der Waals surface area contributed by atoms with Crippen molar-refractivity contribution in [2.45, 2.75) is 6.54 Å². The highest BCUT2D eigenvalue weighted by Gasteiger charge is 2.20. The van der Waals surface area contributed by atoms with Gasteiger partial charge in [-0.05, 0) is 30.3 Å². The number of amides is 1. The van der Waals surface area contributed by atoms with Crippen molar-refractivity contribution < 1.29 is 9.90 Å². The molecule has 2 N–H and O–H groups in total. The van der Waals surface area contributed by atoms with Gasteiger partial charge in [0.25, 0.3) is 5.91 Å². The fourth-order valence-corrected chi connectivity index (χ4v) is 2.75. The van der Waals surface area contributed by atoms with Crippen LogP contribution in [0.25, 0.3) is 22.8 Å². The Morgan fingerprint density at radius 2 is 2.08 bits per heavy atom. The standard InChI is InChI=1S/C16H12ClN5O2/c17-9-1-2-14(23)10(7-9)15-18-4-3-11(20-15)12-8-13-16(24)19-5-6-22(13)21-12/h1-4,7-8,23H,5-6H2,(H,19,24). The molecule has 0 aliphatic carbocycles. The van der Waals surface area contributed by atoms with Gasteiger partial charge in [-0.1, -0.05) is 11.6 Å². The van der Waals surface area contributed by atoms with Crippen LogP contribution in [0.4, 0.5) is 0 Å². The molecule has 0 saturated carbocycles. The first-order valence-electron chi connectivity index (χ1n) is 7.30. The summed E-state index contributed by atoms with van der Waals surface area (Å²) in [4.78, 5) is 20.5. The SMILES string of the molecule is O=C1NCCn2nc(-c3ccnc(-c4cc(Cl)ccc4O)n3)cc21. The second-order valence-corrected chi connectivity index (χ2v) is 5.76. The van der Waals surface area contributed by atoms with Crippen molar-refractivity contribution in [1.82, 2.24) is 25.1 Å². The number of hydrogen-bond acceptors (Lipinski definition) is 5. The van der Waals surface area contributed by atoms with Crippen LogP contribution in [0.5, 0.6) is 5.75 Å². The number of carbonyl (C=O) groups is 1. The van der Waals surface area contributed by atoms with Gasteiger partial charge in [0.2, 0.25) is 0 Å². The van der Waals surface area contributed by atoms with E-state index in [0.29, 0.717) is 46.6 Å². The van der Waals surface area contributed by atoms with Crippen LogP contribution >= 0.6 is 11.6 Å². The van der Waals surface area contributed by atoms with Gasteiger partial charge in [0, 0.05) is 17.8 Å². The fraction of sp³-hybridized carbons (Fsp3) is 0.125. The second kappa shape index (κ2) is 5.61. The van der Waals surface area contributed by atoms with Crippen molar-refractivity contribution in [3.05, 3.63) is 47.2 Å². The summed E-state index contributed by atoms with van der Waals surface area (Å²) < 4.78 is 1.66. The molecule has 1 aliphatic heterocycles. The predicted octanol–water partition coefficient (Wildman–Crippen LogP) is 2.11. The Morgan fingerprint density at radius 3 is 2.92 bits per heavy atom. The van der Waals surface area contributed by atoms with Gasteiger partial charge >= 0.3 is 0 Å². The lowest BCUT2D eigenvalue weighted by atomic mass is 10.1. The molecule has 3 aromatic rings. The molecule has 0 bridgehead atoms. The summed E-state index contributed by atoms with van der Waals surface area (Å²) in [6.07, 6.45) is 1.58. The summed E-state index contributed by atoms with van der Waals surface area (Å²) in [6.45, 7) is 1.17. The number of fused-ring (bicyclic) bond motifs is 1. The van der Waals surface area contributed by atoms with E-state index in [0.717, 1.165) is 0 Å². The van der Waals surface area contributed by atoms with E-state index in [9.17, 15) is 9.90 Å². The number of rotatable bonds is 2. The van der Waals surface area contributed by atoms with Gasteiger partial charge in [0.15, 0.2) is 5.82 Å². The molecule has 7 nitrogen and oxygen atoms in total. The fourth-order valence-electron chi connectivity index (χ4n) is 2.58. The van der Waals surface area contributed by atoms with Crippen LogP contribution in [0.2, 0.25) is 5.02 Å². The average Bonchev–Trinajstić information content (AvgIpc) is 3.03. The Labute approximate surface area is 141 Å². The Bertz CT molecular complexity index is 953. The predicted molar refractivity (Wildman–Crippen MR) is 87.7 cm³/mol. The molecule has 0 radical (unpaired) electrons. The Hall–Kier alpha value is -2.93. The zero-order valence-electron chi connectivity index (χ0n) is 12.4. The highest BCUT2D eigenvalue weighted by atomic mass is 35.5. The van der Waals surface area contributed by atoms with Crippen molar-refractivity contribution in [1.29, 1.82) is 0 Å². The zero-order chi connectivity index (χ0) is 16.7. The van der Waals surface area contributed by atoms with Crippen molar-refractivity contribution in [3.63, 3.8) is 0 Å². The first-order chi connectivity index (χ1) is 11.6. The zero-order valence-corrected chi connectivity index (χ0v) is 13.2. The van der Waals surface area contributed by atoms with Gasteiger partial charge in [0.05, 0.1) is 17.8 Å². The maximum Gasteiger partial charge on any atom is 0.269 e. The number of halogens is 1. The minimum Gasteiger partial charge on any atom is -0.507 e. The van der Waals surface area contributed by atoms with Crippen molar-refractivity contribution >= 4 is 17.5 Å². The maximum atomic E-state index is 11.8. The maximum absolute atomic E-state index is 11.8. The summed E-state index contributed by atoms with van der Waals surface area (Å²) in [5.74, 6) is 0.227. The van der Waals surface area contributed by atoms with Gasteiger partial charge in [-0.3, -0.25) is 9.48 Å². The minimum atomic E-state index is -0.151. The van der Waals surface area contributed by atoms with E-state index in [4.69, 9.17) is 11.6 Å². The molecular weight excluding hydrogens is 330 g/mol. The number of nitrogens with one attached hydrogen (secondary N) is 1. The third-order valence-corrected chi connectivity index (χ3v) is 3.97. The molecule has 0 atom stereocenters. The highest BCUT2D eigenvalue weighted by Crippen LogP contribution is 2.30. The normalized spacial score (nSPS) is 13.5. The van der Waals surface area contributed by atoms with Crippen LogP contribution < -0.4 is 5.32 Å². The topological polar surface area (TPSA) is 92.9 Å². The summed E-state index contributed by atoms with van der Waals surface area (Å²) in [5.41, 5.74) is 2.08. The molecule has 0 spiro atoms. The van der Waals surface area contributed by atoms with E-state index < -0.39 is 0 Å². The Balaban J connectivity index is 1.78. The molecule has 4 rings (SSSR count). The second-order valence-electron chi connectivity index (χ2n) is 5.32. The van der Waals surface area contributed by atoms with Crippen LogP contribution in [0.1, 0.15) is 10.5 Å². The summed E-state index contributed by atoms with van der Waals surface area (Å²) in [7, 11) is 0. The van der Waals surface area contributed by atoms with E-state index in [1.54, 1.807) is 35.1 Å². The number of hydrogen-bond donors (Lipinski definition) is 2. The lowest BCUT2D eigenvalue weighted by Crippen LogP contribution is -2.35. The van der Waals surface area contributed by atoms with Crippen LogP contribution in [0, 0.1) is 0 Å². The molecule has 1 aromatic carbocycles. The first-order valence-corrected chi connectivity index (χ1v) is 7.68. The molecule has 3 heterocycles. The molecule has 0 fully saturated rings. The number of aromatic hydroxyl groups is 1. The van der Waals surface area contributed by atoms with E-state index in [1.807, 2.05) is 0 Å². The third-order valence-electron chi connectivity index (χ3n) is 3.74. The van der Waals surface area contributed by atoms with Crippen LogP contribution in [-0.2, 0) is 6.54 Å². The van der Waals surface area contributed by atoms with Gasteiger partial charge in [-0.25, -0.2) is 9.97 Å². The highest BCUT2D eigenvalue weighted by molar-refractivity contribution is 6.30. The van der Waals surface area contributed by atoms with Gasteiger partial charge in [-0.2, -0.15) is 5.10 Å². The molecule has 120 valence electrons. The lowest BCUT2D eigenvalue weighted by Gasteiger charge is -2.13. The van der Waals surface area contributed by atoms with Crippen LogP contribution in [0.3, 0.4) is 0 Å². The van der Waals surface area contributed by atoms with Crippen molar-refractivity contribution in [3.8, 4) is 28.5 Å². The number of nitrogens with zero attached hydrogens (tertiary/aromatic N) is 4. The third kappa shape index (κ3) is 2.48. The number of carbonyl (C=O) groups excluding carboxylic acids is 1. The smallest absolute Gasteiger partial charge is 0.269 e. The summed E-state index contributed by atoms with van der Waals surface area (Å²) in [5, 5.41) is 17.7. The van der Waals surface area contributed by atoms with E-state index in [-0.39, 0.29) is 11.7 Å². The first kappa shape index (κ1) is 14.6. The molecule has 24 heavy (non-hydrogen) atoms. The number of phenols is 1. The van der Waals surface area contributed by atoms with Gasteiger partial charge in [0.1, 0.15) is 17.1 Å². The molecule has 1 amide bonds. The van der Waals surface area contributed by atoms with Crippen molar-refractivity contribution in [2.75, 3.05) is 6.54 Å². The van der Waals surface area contributed by atoms with Crippen molar-refractivity contribution in [2.24, 2.45) is 0 Å².